The number of nitrogens with zero attached hydrogens (tertiary/aromatic N) is 2. The molecule has 2 fully saturated rings. The standard InChI is InChI=1S/C19H25Cl2N3O2/c1-22-11-15-5-3-9-24(15)19(26)14-4-2-8-23(12-14)18(25)13-6-7-16(20)17(21)10-13/h6-7,10,14-15,22H,2-5,8-9,11-12H2,1H3. The van der Waals surface area contributed by atoms with E-state index >= 15 is 0 Å². The highest BCUT2D eigenvalue weighted by Crippen LogP contribution is 2.27. The van der Waals surface area contributed by atoms with Crippen LogP contribution in [-0.2, 0) is 4.79 Å². The van der Waals surface area contributed by atoms with Crippen LogP contribution in [0.1, 0.15) is 36.0 Å². The molecule has 2 atom stereocenters. The summed E-state index contributed by atoms with van der Waals surface area (Å²) in [4.78, 5) is 29.6. The van der Waals surface area contributed by atoms with Crippen LogP contribution in [0.4, 0.5) is 0 Å². The van der Waals surface area contributed by atoms with Gasteiger partial charge in [-0.2, -0.15) is 0 Å². The molecule has 0 aliphatic carbocycles. The first-order valence-corrected chi connectivity index (χ1v) is 9.96. The highest BCUT2D eigenvalue weighted by atomic mass is 35.5. The van der Waals surface area contributed by atoms with Crippen molar-refractivity contribution in [2.75, 3.05) is 33.2 Å². The average molecular weight is 398 g/mol. The minimum Gasteiger partial charge on any atom is -0.338 e. The van der Waals surface area contributed by atoms with Crippen LogP contribution in [-0.4, -0.2) is 60.9 Å². The van der Waals surface area contributed by atoms with Gasteiger partial charge < -0.3 is 15.1 Å². The number of benzene rings is 1. The number of hydrogen-bond donors (Lipinski definition) is 1. The van der Waals surface area contributed by atoms with Crippen molar-refractivity contribution < 1.29 is 9.59 Å². The van der Waals surface area contributed by atoms with E-state index in [-0.39, 0.29) is 23.8 Å². The van der Waals surface area contributed by atoms with Crippen LogP contribution in [0.25, 0.3) is 0 Å². The van der Waals surface area contributed by atoms with Crippen molar-refractivity contribution in [1.82, 2.24) is 15.1 Å². The van der Waals surface area contributed by atoms with Crippen LogP contribution < -0.4 is 5.32 Å². The summed E-state index contributed by atoms with van der Waals surface area (Å²) in [6, 6.07) is 5.19. The largest absolute Gasteiger partial charge is 0.338 e. The molecule has 0 radical (unpaired) electrons. The van der Waals surface area contributed by atoms with Gasteiger partial charge in [-0.25, -0.2) is 0 Å². The molecule has 142 valence electrons. The van der Waals surface area contributed by atoms with E-state index in [0.717, 1.165) is 38.8 Å². The first-order valence-electron chi connectivity index (χ1n) is 9.20. The van der Waals surface area contributed by atoms with E-state index in [1.165, 1.54) is 0 Å². The second kappa shape index (κ2) is 8.59. The molecule has 2 aliphatic heterocycles. The van der Waals surface area contributed by atoms with Gasteiger partial charge in [0, 0.05) is 37.8 Å². The molecule has 3 rings (SSSR count). The fourth-order valence-corrected chi connectivity index (χ4v) is 4.28. The SMILES string of the molecule is CNCC1CCCN1C(=O)C1CCCN(C(=O)c2ccc(Cl)c(Cl)c2)C1. The minimum absolute atomic E-state index is 0.0886. The third-order valence-electron chi connectivity index (χ3n) is 5.32. The lowest BCUT2D eigenvalue weighted by Crippen LogP contribution is -2.49. The zero-order chi connectivity index (χ0) is 18.7. The number of halogens is 2. The number of piperidine rings is 1. The summed E-state index contributed by atoms with van der Waals surface area (Å²) < 4.78 is 0. The number of likely N-dealkylation sites (N-methyl/N-ethyl adjacent to an activating group) is 1. The summed E-state index contributed by atoms with van der Waals surface area (Å²) in [6.45, 7) is 2.79. The molecule has 2 saturated heterocycles. The van der Waals surface area contributed by atoms with Gasteiger partial charge in [0.15, 0.2) is 0 Å². The second-order valence-corrected chi connectivity index (χ2v) is 7.92. The van der Waals surface area contributed by atoms with E-state index in [1.54, 1.807) is 23.1 Å². The summed E-state index contributed by atoms with van der Waals surface area (Å²) in [7, 11) is 1.92. The van der Waals surface area contributed by atoms with Crippen molar-refractivity contribution in [3.63, 3.8) is 0 Å². The average Bonchev–Trinajstić information content (AvgIpc) is 3.11. The lowest BCUT2D eigenvalue weighted by atomic mass is 9.95. The highest BCUT2D eigenvalue weighted by Gasteiger charge is 2.36. The van der Waals surface area contributed by atoms with Crippen LogP contribution in [0, 0.1) is 5.92 Å². The maximum Gasteiger partial charge on any atom is 0.253 e. The Kier molecular flexibility index (Phi) is 6.43. The molecule has 7 heteroatoms. The summed E-state index contributed by atoms with van der Waals surface area (Å²) in [5, 5.41) is 3.97. The number of nitrogens with one attached hydrogen (secondary N) is 1. The highest BCUT2D eigenvalue weighted by molar-refractivity contribution is 6.42. The molecule has 0 bridgehead atoms. The summed E-state index contributed by atoms with van der Waals surface area (Å²) >= 11 is 12.0. The number of rotatable bonds is 4. The first kappa shape index (κ1) is 19.5. The van der Waals surface area contributed by atoms with E-state index < -0.39 is 0 Å². The molecule has 2 aliphatic rings. The molecule has 1 aromatic carbocycles. The summed E-state index contributed by atoms with van der Waals surface area (Å²) in [6.07, 6.45) is 3.78. The monoisotopic (exact) mass is 397 g/mol. The van der Waals surface area contributed by atoms with Gasteiger partial charge in [0.25, 0.3) is 5.91 Å². The van der Waals surface area contributed by atoms with Gasteiger partial charge in [-0.15, -0.1) is 0 Å². The molecule has 1 N–H and O–H groups in total. The van der Waals surface area contributed by atoms with Crippen LogP contribution >= 0.6 is 23.2 Å². The minimum atomic E-state index is -0.118. The van der Waals surface area contributed by atoms with Crippen molar-refractivity contribution in [2.45, 2.75) is 31.7 Å². The zero-order valence-corrected chi connectivity index (χ0v) is 16.5. The normalized spacial score (nSPS) is 23.3. The lowest BCUT2D eigenvalue weighted by Gasteiger charge is -2.35. The molecule has 0 aromatic heterocycles. The van der Waals surface area contributed by atoms with Gasteiger partial charge in [0.1, 0.15) is 0 Å². The lowest BCUT2D eigenvalue weighted by molar-refractivity contribution is -0.137. The van der Waals surface area contributed by atoms with Gasteiger partial charge in [-0.05, 0) is 50.9 Å². The third-order valence-corrected chi connectivity index (χ3v) is 6.06. The van der Waals surface area contributed by atoms with Crippen LogP contribution in [0.15, 0.2) is 18.2 Å². The van der Waals surface area contributed by atoms with Crippen molar-refractivity contribution in [3.05, 3.63) is 33.8 Å². The second-order valence-electron chi connectivity index (χ2n) is 7.10. The van der Waals surface area contributed by atoms with E-state index in [1.807, 2.05) is 11.9 Å². The maximum atomic E-state index is 13.0. The topological polar surface area (TPSA) is 52.7 Å². The van der Waals surface area contributed by atoms with Crippen molar-refractivity contribution in [3.8, 4) is 0 Å². The fourth-order valence-electron chi connectivity index (χ4n) is 3.98. The number of amides is 2. The predicted molar refractivity (Wildman–Crippen MR) is 104 cm³/mol. The Balaban J connectivity index is 1.67. The number of hydrogen-bond acceptors (Lipinski definition) is 3. The predicted octanol–water partition coefficient (Wildman–Crippen LogP) is 3.06. The quantitative estimate of drug-likeness (QED) is 0.848. The van der Waals surface area contributed by atoms with E-state index in [0.29, 0.717) is 28.7 Å². The van der Waals surface area contributed by atoms with Gasteiger partial charge in [-0.3, -0.25) is 9.59 Å². The van der Waals surface area contributed by atoms with E-state index in [9.17, 15) is 9.59 Å². The van der Waals surface area contributed by atoms with Gasteiger partial charge >= 0.3 is 0 Å². The molecule has 26 heavy (non-hydrogen) atoms. The van der Waals surface area contributed by atoms with Gasteiger partial charge in [0.05, 0.1) is 16.0 Å². The van der Waals surface area contributed by atoms with Crippen LogP contribution in [0.2, 0.25) is 10.0 Å². The Morgan fingerprint density at radius 2 is 1.92 bits per heavy atom. The molecule has 0 spiro atoms. The van der Waals surface area contributed by atoms with Gasteiger partial charge in [0.2, 0.25) is 5.91 Å². The molecule has 5 nitrogen and oxygen atoms in total. The van der Waals surface area contributed by atoms with Crippen LogP contribution in [0.5, 0.6) is 0 Å². The maximum absolute atomic E-state index is 13.0. The molecule has 0 saturated carbocycles. The Bertz CT molecular complexity index is 683. The molecule has 2 amide bonds. The first-order chi connectivity index (χ1) is 12.5. The Labute approximate surface area is 164 Å². The van der Waals surface area contributed by atoms with Crippen molar-refractivity contribution in [2.24, 2.45) is 5.92 Å². The smallest absolute Gasteiger partial charge is 0.253 e. The summed E-state index contributed by atoms with van der Waals surface area (Å²) in [5.41, 5.74) is 0.515. The number of likely N-dealkylation sites (tertiary alicyclic amines) is 2. The molecular formula is C19H25Cl2N3O2. The summed E-state index contributed by atoms with van der Waals surface area (Å²) in [5.74, 6) is -0.0171. The molecule has 2 heterocycles. The third kappa shape index (κ3) is 4.16. The van der Waals surface area contributed by atoms with Crippen molar-refractivity contribution >= 4 is 35.0 Å². The van der Waals surface area contributed by atoms with Gasteiger partial charge in [-0.1, -0.05) is 23.2 Å². The fraction of sp³-hybridized carbons (Fsp3) is 0.579. The molecule has 1 aromatic rings. The Hall–Kier alpha value is -1.30. The molecule has 2 unspecified atom stereocenters. The number of carbonyl (C=O) groups is 2. The molecular weight excluding hydrogens is 373 g/mol. The van der Waals surface area contributed by atoms with Crippen molar-refractivity contribution in [1.29, 1.82) is 0 Å². The van der Waals surface area contributed by atoms with E-state index in [4.69, 9.17) is 23.2 Å². The van der Waals surface area contributed by atoms with Crippen LogP contribution in [0.3, 0.4) is 0 Å². The van der Waals surface area contributed by atoms with E-state index in [2.05, 4.69) is 5.32 Å². The zero-order valence-electron chi connectivity index (χ0n) is 15.0. The Morgan fingerprint density at radius 1 is 1.15 bits per heavy atom. The Morgan fingerprint density at radius 3 is 2.65 bits per heavy atom. The number of carbonyl (C=O) groups excluding carboxylic acids is 2.